The van der Waals surface area contributed by atoms with Crippen molar-refractivity contribution in [3.8, 4) is 0 Å². The number of hydrogen-bond acceptors (Lipinski definition) is 2. The van der Waals surface area contributed by atoms with Crippen LogP contribution in [0, 0.1) is 0 Å². The van der Waals surface area contributed by atoms with Crippen LogP contribution in [0.4, 0.5) is 0 Å². The van der Waals surface area contributed by atoms with E-state index in [1.807, 2.05) is 31.2 Å². The van der Waals surface area contributed by atoms with Crippen LogP contribution in [0.3, 0.4) is 0 Å². The Kier molecular flexibility index (Phi) is 5.15. The van der Waals surface area contributed by atoms with Crippen LogP contribution in [0.1, 0.15) is 31.4 Å². The predicted molar refractivity (Wildman–Crippen MR) is 67.6 cm³/mol. The predicted octanol–water partition coefficient (Wildman–Crippen LogP) is 2.49. The van der Waals surface area contributed by atoms with Crippen molar-refractivity contribution in [1.29, 1.82) is 0 Å². The zero-order valence-electron chi connectivity index (χ0n) is 9.44. The first-order valence-electron chi connectivity index (χ1n) is 5.25. The van der Waals surface area contributed by atoms with E-state index in [9.17, 15) is 9.59 Å². The van der Waals surface area contributed by atoms with Crippen LogP contribution >= 0.6 is 15.9 Å². The van der Waals surface area contributed by atoms with Crippen LogP contribution in [-0.4, -0.2) is 17.0 Å². The summed E-state index contributed by atoms with van der Waals surface area (Å²) in [7, 11) is 0. The van der Waals surface area contributed by atoms with Gasteiger partial charge in [0.05, 0.1) is 12.5 Å². The topological polar surface area (TPSA) is 66.4 Å². The van der Waals surface area contributed by atoms with Gasteiger partial charge in [-0.05, 0) is 24.6 Å². The van der Waals surface area contributed by atoms with Gasteiger partial charge in [0.25, 0.3) is 0 Å². The van der Waals surface area contributed by atoms with E-state index in [1.165, 1.54) is 0 Å². The minimum Gasteiger partial charge on any atom is -0.481 e. The highest BCUT2D eigenvalue weighted by atomic mass is 79.9. The summed E-state index contributed by atoms with van der Waals surface area (Å²) < 4.78 is 0.946. The summed E-state index contributed by atoms with van der Waals surface area (Å²) in [5.41, 5.74) is 0.975. The molecule has 5 heteroatoms. The van der Waals surface area contributed by atoms with Crippen molar-refractivity contribution in [3.05, 3.63) is 34.3 Å². The quantitative estimate of drug-likeness (QED) is 0.878. The van der Waals surface area contributed by atoms with Crippen molar-refractivity contribution >= 4 is 27.8 Å². The lowest BCUT2D eigenvalue weighted by atomic mass is 10.1. The minimum absolute atomic E-state index is 0.00762. The average Bonchev–Trinajstić information content (AvgIpc) is 2.26. The Labute approximate surface area is 108 Å². The van der Waals surface area contributed by atoms with Crippen LogP contribution in [0.5, 0.6) is 0 Å². The maximum absolute atomic E-state index is 11.4. The van der Waals surface area contributed by atoms with E-state index in [4.69, 9.17) is 5.11 Å². The molecule has 0 radical (unpaired) electrons. The highest BCUT2D eigenvalue weighted by Gasteiger charge is 2.10. The Bertz CT molecular complexity index is 420. The van der Waals surface area contributed by atoms with Crippen molar-refractivity contribution in [2.45, 2.75) is 25.8 Å². The number of carboxylic acids is 1. The maximum atomic E-state index is 11.4. The number of nitrogens with one attached hydrogen (secondary N) is 1. The van der Waals surface area contributed by atoms with Gasteiger partial charge in [-0.25, -0.2) is 0 Å². The summed E-state index contributed by atoms with van der Waals surface area (Å²) in [6.45, 7) is 1.86. The third-order valence-electron chi connectivity index (χ3n) is 2.29. The highest BCUT2D eigenvalue weighted by molar-refractivity contribution is 9.10. The van der Waals surface area contributed by atoms with Gasteiger partial charge in [-0.2, -0.15) is 0 Å². The third-order valence-corrected chi connectivity index (χ3v) is 2.79. The molecule has 0 spiro atoms. The molecule has 92 valence electrons. The van der Waals surface area contributed by atoms with Gasteiger partial charge in [0, 0.05) is 10.9 Å². The van der Waals surface area contributed by atoms with E-state index in [-0.39, 0.29) is 24.8 Å². The SMILES string of the molecule is CC(NC(=O)CCC(=O)O)c1cccc(Br)c1. The van der Waals surface area contributed by atoms with Gasteiger partial charge in [-0.15, -0.1) is 0 Å². The van der Waals surface area contributed by atoms with Crippen molar-refractivity contribution < 1.29 is 14.7 Å². The van der Waals surface area contributed by atoms with Crippen molar-refractivity contribution in [2.75, 3.05) is 0 Å². The molecule has 17 heavy (non-hydrogen) atoms. The first-order chi connectivity index (χ1) is 7.99. The Balaban J connectivity index is 2.51. The van der Waals surface area contributed by atoms with Crippen LogP contribution in [0.25, 0.3) is 0 Å². The average molecular weight is 300 g/mol. The number of carbonyl (C=O) groups excluding carboxylic acids is 1. The molecule has 0 aromatic heterocycles. The van der Waals surface area contributed by atoms with Crippen LogP contribution in [-0.2, 0) is 9.59 Å². The Morgan fingerprint density at radius 2 is 2.12 bits per heavy atom. The molecule has 0 aliphatic carbocycles. The second-order valence-corrected chi connectivity index (χ2v) is 4.65. The molecule has 1 unspecified atom stereocenters. The van der Waals surface area contributed by atoms with Gasteiger partial charge in [0.2, 0.25) is 5.91 Å². The van der Waals surface area contributed by atoms with E-state index >= 15 is 0 Å². The number of rotatable bonds is 5. The normalized spacial score (nSPS) is 11.9. The van der Waals surface area contributed by atoms with Crippen LogP contribution in [0.15, 0.2) is 28.7 Å². The number of hydrogen-bond donors (Lipinski definition) is 2. The van der Waals surface area contributed by atoms with E-state index in [0.29, 0.717) is 0 Å². The third kappa shape index (κ3) is 4.99. The first-order valence-corrected chi connectivity index (χ1v) is 6.05. The summed E-state index contributed by atoms with van der Waals surface area (Å²) in [6.07, 6.45) is -0.134. The molecule has 1 amide bonds. The number of carboxylic acid groups (broad SMARTS) is 1. The van der Waals surface area contributed by atoms with Gasteiger partial charge in [0.15, 0.2) is 0 Å². The van der Waals surface area contributed by atoms with Crippen LogP contribution in [0.2, 0.25) is 0 Å². The molecular weight excluding hydrogens is 286 g/mol. The molecule has 0 fully saturated rings. The van der Waals surface area contributed by atoms with E-state index < -0.39 is 5.97 Å². The zero-order chi connectivity index (χ0) is 12.8. The van der Waals surface area contributed by atoms with Gasteiger partial charge >= 0.3 is 5.97 Å². The molecule has 2 N–H and O–H groups in total. The lowest BCUT2D eigenvalue weighted by Gasteiger charge is -2.14. The number of amides is 1. The largest absolute Gasteiger partial charge is 0.481 e. The van der Waals surface area contributed by atoms with E-state index in [0.717, 1.165) is 10.0 Å². The molecule has 0 heterocycles. The first kappa shape index (κ1) is 13.7. The van der Waals surface area contributed by atoms with Gasteiger partial charge in [-0.3, -0.25) is 9.59 Å². The molecule has 0 saturated carbocycles. The van der Waals surface area contributed by atoms with Gasteiger partial charge < -0.3 is 10.4 Å². The lowest BCUT2D eigenvalue weighted by molar-refractivity contribution is -0.138. The molecular formula is C12H14BrNO3. The fourth-order valence-electron chi connectivity index (χ4n) is 1.39. The fraction of sp³-hybridized carbons (Fsp3) is 0.333. The molecule has 0 saturated heterocycles. The molecule has 1 atom stereocenters. The second-order valence-electron chi connectivity index (χ2n) is 3.74. The maximum Gasteiger partial charge on any atom is 0.303 e. The number of aliphatic carboxylic acids is 1. The molecule has 0 aliphatic heterocycles. The van der Waals surface area contributed by atoms with Crippen molar-refractivity contribution in [2.24, 2.45) is 0 Å². The Morgan fingerprint density at radius 1 is 1.41 bits per heavy atom. The van der Waals surface area contributed by atoms with Crippen LogP contribution < -0.4 is 5.32 Å². The number of halogens is 1. The summed E-state index contributed by atoms with van der Waals surface area (Å²) in [5, 5.41) is 11.2. The minimum atomic E-state index is -0.963. The summed E-state index contributed by atoms with van der Waals surface area (Å²) in [4.78, 5) is 21.7. The Hall–Kier alpha value is -1.36. The molecule has 1 aromatic rings. The summed E-state index contributed by atoms with van der Waals surface area (Å²) in [6, 6.07) is 7.49. The standard InChI is InChI=1S/C12H14BrNO3/c1-8(9-3-2-4-10(13)7-9)14-11(15)5-6-12(16)17/h2-4,7-8H,5-6H2,1H3,(H,14,15)(H,16,17). The molecule has 1 rings (SSSR count). The summed E-state index contributed by atoms with van der Waals surface area (Å²) in [5.74, 6) is -1.21. The highest BCUT2D eigenvalue weighted by Crippen LogP contribution is 2.17. The molecule has 0 bridgehead atoms. The smallest absolute Gasteiger partial charge is 0.303 e. The monoisotopic (exact) mass is 299 g/mol. The molecule has 1 aromatic carbocycles. The zero-order valence-corrected chi connectivity index (χ0v) is 11.0. The van der Waals surface area contributed by atoms with E-state index in [1.54, 1.807) is 0 Å². The van der Waals surface area contributed by atoms with Gasteiger partial charge in [-0.1, -0.05) is 28.1 Å². The second kappa shape index (κ2) is 6.39. The Morgan fingerprint density at radius 3 is 2.71 bits per heavy atom. The lowest BCUT2D eigenvalue weighted by Crippen LogP contribution is -2.26. The molecule has 4 nitrogen and oxygen atoms in total. The van der Waals surface area contributed by atoms with E-state index in [2.05, 4.69) is 21.2 Å². The number of benzene rings is 1. The number of carbonyl (C=O) groups is 2. The molecule has 0 aliphatic rings. The van der Waals surface area contributed by atoms with Gasteiger partial charge in [0.1, 0.15) is 0 Å². The van der Waals surface area contributed by atoms with Crippen molar-refractivity contribution in [1.82, 2.24) is 5.32 Å². The summed E-state index contributed by atoms with van der Waals surface area (Å²) >= 11 is 3.36. The van der Waals surface area contributed by atoms with Crippen molar-refractivity contribution in [3.63, 3.8) is 0 Å². The fourth-order valence-corrected chi connectivity index (χ4v) is 1.81.